The molecular formula is C18H17F3N2OS. The minimum atomic E-state index is -4.52. The number of nitrogens with zero attached hydrogens (tertiary/aromatic N) is 1. The number of carbonyl (C=O) groups excluding carboxylic acids is 1. The van der Waals surface area contributed by atoms with Crippen molar-refractivity contribution in [3.8, 4) is 0 Å². The molecule has 3 rings (SSSR count). The molecule has 25 heavy (non-hydrogen) atoms. The molecule has 1 aliphatic rings. The Morgan fingerprint density at radius 2 is 1.88 bits per heavy atom. The van der Waals surface area contributed by atoms with Gasteiger partial charge in [-0.3, -0.25) is 4.90 Å². The fourth-order valence-corrected chi connectivity index (χ4v) is 3.93. The molecule has 1 atom stereocenters. The summed E-state index contributed by atoms with van der Waals surface area (Å²) >= 11 is 1.69. The van der Waals surface area contributed by atoms with E-state index in [1.54, 1.807) is 11.8 Å². The third kappa shape index (κ3) is 3.76. The van der Waals surface area contributed by atoms with E-state index in [0.29, 0.717) is 6.54 Å². The van der Waals surface area contributed by atoms with Gasteiger partial charge < -0.3 is 5.32 Å². The van der Waals surface area contributed by atoms with Crippen LogP contribution in [-0.4, -0.2) is 17.8 Å². The zero-order valence-electron chi connectivity index (χ0n) is 13.5. The lowest BCUT2D eigenvalue weighted by Gasteiger charge is -2.33. The SMILES string of the molecule is CC[C@H]1CN(C(=O)Nc2ccccc2C(F)(F)F)c2ccccc2S1. The van der Waals surface area contributed by atoms with Crippen molar-refractivity contribution in [2.45, 2.75) is 29.7 Å². The zero-order valence-corrected chi connectivity index (χ0v) is 14.3. The number of amides is 2. The maximum absolute atomic E-state index is 13.1. The summed E-state index contributed by atoms with van der Waals surface area (Å²) in [5.41, 5.74) is -0.363. The lowest BCUT2D eigenvalue weighted by atomic mass is 10.1. The Balaban J connectivity index is 1.90. The van der Waals surface area contributed by atoms with Crippen molar-refractivity contribution in [2.24, 2.45) is 0 Å². The van der Waals surface area contributed by atoms with Gasteiger partial charge >= 0.3 is 12.2 Å². The van der Waals surface area contributed by atoms with E-state index in [-0.39, 0.29) is 10.9 Å². The van der Waals surface area contributed by atoms with Crippen LogP contribution in [0.1, 0.15) is 18.9 Å². The summed E-state index contributed by atoms with van der Waals surface area (Å²) in [6.45, 7) is 2.48. The minimum absolute atomic E-state index is 0.207. The van der Waals surface area contributed by atoms with Crippen LogP contribution in [-0.2, 0) is 6.18 Å². The van der Waals surface area contributed by atoms with E-state index < -0.39 is 17.8 Å². The number of thioether (sulfide) groups is 1. The Labute approximate surface area is 148 Å². The lowest BCUT2D eigenvalue weighted by Crippen LogP contribution is -2.42. The predicted molar refractivity (Wildman–Crippen MR) is 94.2 cm³/mol. The number of hydrogen-bond acceptors (Lipinski definition) is 2. The second-order valence-electron chi connectivity index (χ2n) is 5.70. The lowest BCUT2D eigenvalue weighted by molar-refractivity contribution is -0.136. The van der Waals surface area contributed by atoms with Crippen LogP contribution in [0.25, 0.3) is 0 Å². The van der Waals surface area contributed by atoms with E-state index in [1.807, 2.05) is 31.2 Å². The molecule has 1 heterocycles. The van der Waals surface area contributed by atoms with Crippen LogP contribution < -0.4 is 10.2 Å². The smallest absolute Gasteiger partial charge is 0.307 e. The summed E-state index contributed by atoms with van der Waals surface area (Å²) in [6, 6.07) is 11.9. The van der Waals surface area contributed by atoms with Gasteiger partial charge in [0, 0.05) is 16.7 Å². The molecule has 2 amide bonds. The number of nitrogens with one attached hydrogen (secondary N) is 1. The van der Waals surface area contributed by atoms with Gasteiger partial charge in [0.1, 0.15) is 0 Å². The Kier molecular flexibility index (Phi) is 4.94. The molecule has 0 unspecified atom stereocenters. The predicted octanol–water partition coefficient (Wildman–Crippen LogP) is 5.63. The number of anilines is 2. The number of fused-ring (bicyclic) bond motifs is 1. The molecule has 1 N–H and O–H groups in total. The minimum Gasteiger partial charge on any atom is -0.307 e. The van der Waals surface area contributed by atoms with Crippen LogP contribution in [0.2, 0.25) is 0 Å². The maximum atomic E-state index is 13.1. The molecule has 0 fully saturated rings. The molecule has 0 bridgehead atoms. The Hall–Kier alpha value is -2.15. The number of rotatable bonds is 2. The molecule has 3 nitrogen and oxygen atoms in total. The van der Waals surface area contributed by atoms with Crippen molar-refractivity contribution in [3.05, 3.63) is 54.1 Å². The number of benzene rings is 2. The number of carbonyl (C=O) groups is 1. The third-order valence-corrected chi connectivity index (χ3v) is 5.43. The molecule has 132 valence electrons. The molecule has 0 spiro atoms. The van der Waals surface area contributed by atoms with E-state index in [4.69, 9.17) is 0 Å². The van der Waals surface area contributed by atoms with E-state index in [2.05, 4.69) is 5.32 Å². The number of halogens is 3. The third-order valence-electron chi connectivity index (χ3n) is 4.01. The van der Waals surface area contributed by atoms with Gasteiger partial charge in [-0.2, -0.15) is 13.2 Å². The van der Waals surface area contributed by atoms with Gasteiger partial charge in [-0.25, -0.2) is 4.79 Å². The van der Waals surface area contributed by atoms with E-state index in [0.717, 1.165) is 23.1 Å². The number of hydrogen-bond donors (Lipinski definition) is 1. The van der Waals surface area contributed by atoms with Gasteiger partial charge in [0.25, 0.3) is 0 Å². The molecule has 7 heteroatoms. The number of urea groups is 1. The van der Waals surface area contributed by atoms with Crippen molar-refractivity contribution in [1.82, 2.24) is 0 Å². The van der Waals surface area contributed by atoms with Gasteiger partial charge in [0.2, 0.25) is 0 Å². The first-order valence-electron chi connectivity index (χ1n) is 7.90. The highest BCUT2D eigenvalue weighted by Gasteiger charge is 2.35. The molecular weight excluding hydrogens is 349 g/mol. The number of alkyl halides is 3. The summed E-state index contributed by atoms with van der Waals surface area (Å²) in [4.78, 5) is 15.2. The fraction of sp³-hybridized carbons (Fsp3) is 0.278. The second-order valence-corrected chi connectivity index (χ2v) is 7.04. The summed E-state index contributed by atoms with van der Waals surface area (Å²) in [5.74, 6) is 0. The summed E-state index contributed by atoms with van der Waals surface area (Å²) < 4.78 is 39.4. The van der Waals surface area contributed by atoms with Crippen molar-refractivity contribution in [2.75, 3.05) is 16.8 Å². The Morgan fingerprint density at radius 3 is 2.60 bits per heavy atom. The average Bonchev–Trinajstić information content (AvgIpc) is 2.60. The maximum Gasteiger partial charge on any atom is 0.418 e. The molecule has 0 saturated carbocycles. The molecule has 2 aromatic carbocycles. The van der Waals surface area contributed by atoms with Crippen LogP contribution in [0.3, 0.4) is 0 Å². The highest BCUT2D eigenvalue weighted by molar-refractivity contribution is 8.00. The first-order chi connectivity index (χ1) is 11.9. The molecule has 0 saturated heterocycles. The van der Waals surface area contributed by atoms with Gasteiger partial charge in [0.15, 0.2) is 0 Å². The summed E-state index contributed by atoms with van der Waals surface area (Å²) in [6.07, 6.45) is -3.66. The Bertz CT molecular complexity index is 779. The normalized spacial score (nSPS) is 17.1. The van der Waals surface area contributed by atoms with Crippen LogP contribution in [0.4, 0.5) is 29.3 Å². The van der Waals surface area contributed by atoms with Crippen LogP contribution in [0.15, 0.2) is 53.4 Å². The van der Waals surface area contributed by atoms with E-state index >= 15 is 0 Å². The van der Waals surface area contributed by atoms with Gasteiger partial charge in [-0.1, -0.05) is 31.2 Å². The Morgan fingerprint density at radius 1 is 1.20 bits per heavy atom. The molecule has 0 radical (unpaired) electrons. The fourth-order valence-electron chi connectivity index (χ4n) is 2.73. The summed E-state index contributed by atoms with van der Waals surface area (Å²) in [7, 11) is 0. The monoisotopic (exact) mass is 366 g/mol. The van der Waals surface area contributed by atoms with Crippen LogP contribution >= 0.6 is 11.8 Å². The molecule has 0 aliphatic carbocycles. The first kappa shape index (κ1) is 17.7. The van der Waals surface area contributed by atoms with E-state index in [1.165, 1.54) is 23.1 Å². The van der Waals surface area contributed by atoms with Gasteiger partial charge in [-0.15, -0.1) is 11.8 Å². The summed E-state index contributed by atoms with van der Waals surface area (Å²) in [5, 5.41) is 2.64. The average molecular weight is 366 g/mol. The number of para-hydroxylation sites is 2. The van der Waals surface area contributed by atoms with Crippen LogP contribution in [0, 0.1) is 0 Å². The second kappa shape index (κ2) is 7.00. The van der Waals surface area contributed by atoms with Crippen molar-refractivity contribution in [1.29, 1.82) is 0 Å². The van der Waals surface area contributed by atoms with Crippen molar-refractivity contribution in [3.63, 3.8) is 0 Å². The first-order valence-corrected chi connectivity index (χ1v) is 8.78. The highest BCUT2D eigenvalue weighted by Crippen LogP contribution is 2.40. The molecule has 2 aromatic rings. The standard InChI is InChI=1S/C18H17F3N2OS/c1-2-12-11-23(15-9-5-6-10-16(15)25-12)17(24)22-14-8-4-3-7-13(14)18(19,20)21/h3-10,12H,2,11H2,1H3,(H,22,24)/t12-/m0/s1. The van der Waals surface area contributed by atoms with Crippen LogP contribution in [0.5, 0.6) is 0 Å². The molecule has 0 aromatic heterocycles. The zero-order chi connectivity index (χ0) is 18.0. The highest BCUT2D eigenvalue weighted by atomic mass is 32.2. The van der Waals surface area contributed by atoms with Crippen molar-refractivity contribution >= 4 is 29.2 Å². The van der Waals surface area contributed by atoms with Gasteiger partial charge in [0.05, 0.1) is 16.9 Å². The van der Waals surface area contributed by atoms with Gasteiger partial charge in [-0.05, 0) is 30.7 Å². The topological polar surface area (TPSA) is 32.3 Å². The quantitative estimate of drug-likeness (QED) is 0.747. The largest absolute Gasteiger partial charge is 0.418 e. The van der Waals surface area contributed by atoms with E-state index in [9.17, 15) is 18.0 Å². The molecule has 1 aliphatic heterocycles. The van der Waals surface area contributed by atoms with Crippen molar-refractivity contribution < 1.29 is 18.0 Å².